The zero-order valence-electron chi connectivity index (χ0n) is 10.7. The van der Waals surface area contributed by atoms with Gasteiger partial charge in [-0.25, -0.2) is 0 Å². The third-order valence-electron chi connectivity index (χ3n) is 3.08. The van der Waals surface area contributed by atoms with Crippen LogP contribution in [0.15, 0.2) is 29.2 Å². The fourth-order valence-corrected chi connectivity index (χ4v) is 2.49. The summed E-state index contributed by atoms with van der Waals surface area (Å²) >= 11 is 1.68. The minimum Gasteiger partial charge on any atom is -0.369 e. The molecule has 1 aliphatic carbocycles. The molecule has 1 aliphatic rings. The summed E-state index contributed by atoms with van der Waals surface area (Å²) in [6.45, 7) is 2.82. The Bertz CT molecular complexity index is 401. The van der Waals surface area contributed by atoms with Crippen LogP contribution >= 0.6 is 11.8 Å². The van der Waals surface area contributed by atoms with Crippen LogP contribution in [0.25, 0.3) is 0 Å². The Labute approximate surface area is 113 Å². The molecule has 1 amide bonds. The van der Waals surface area contributed by atoms with Gasteiger partial charge in [0.25, 0.3) is 0 Å². The van der Waals surface area contributed by atoms with Crippen molar-refractivity contribution in [2.75, 3.05) is 5.75 Å². The maximum Gasteiger partial charge on any atom is 0.221 e. The predicted molar refractivity (Wildman–Crippen MR) is 75.4 cm³/mol. The highest BCUT2D eigenvalue weighted by molar-refractivity contribution is 7.99. The second-order valence-electron chi connectivity index (χ2n) is 4.91. The van der Waals surface area contributed by atoms with Crippen molar-refractivity contribution in [1.29, 1.82) is 0 Å². The molecule has 1 fully saturated rings. The molecule has 3 nitrogen and oxygen atoms in total. The summed E-state index contributed by atoms with van der Waals surface area (Å²) in [5.41, 5.74) is 6.55. The van der Waals surface area contributed by atoms with E-state index in [4.69, 9.17) is 5.73 Å². The van der Waals surface area contributed by atoms with Gasteiger partial charge >= 0.3 is 0 Å². The number of thioether (sulfide) groups is 1. The van der Waals surface area contributed by atoms with Gasteiger partial charge in [0.1, 0.15) is 0 Å². The minimum absolute atomic E-state index is 0.0776. The normalized spacial score (nSPS) is 16.5. The standard InChI is InChI=1S/C14H20N2OS/c1-10(14(15)17)9-18-13-6-2-11(3-7-13)8-16-12-4-5-12/h2-3,6-7,10,12,16H,4-5,8-9H2,1H3,(H2,15,17). The lowest BCUT2D eigenvalue weighted by Crippen LogP contribution is -2.22. The molecular formula is C14H20N2OS. The van der Waals surface area contributed by atoms with Crippen molar-refractivity contribution in [3.05, 3.63) is 29.8 Å². The number of nitrogens with two attached hydrogens (primary N) is 1. The van der Waals surface area contributed by atoms with Crippen LogP contribution < -0.4 is 11.1 Å². The minimum atomic E-state index is -0.229. The van der Waals surface area contributed by atoms with Crippen LogP contribution in [0, 0.1) is 5.92 Å². The molecule has 2 rings (SSSR count). The van der Waals surface area contributed by atoms with Gasteiger partial charge in [0.05, 0.1) is 0 Å². The quantitative estimate of drug-likeness (QED) is 0.742. The van der Waals surface area contributed by atoms with Crippen molar-refractivity contribution < 1.29 is 4.79 Å². The monoisotopic (exact) mass is 264 g/mol. The van der Waals surface area contributed by atoms with E-state index in [1.165, 1.54) is 23.3 Å². The summed E-state index contributed by atoms with van der Waals surface area (Å²) in [6.07, 6.45) is 2.64. The molecule has 98 valence electrons. The van der Waals surface area contributed by atoms with Crippen LogP contribution in [0.2, 0.25) is 0 Å². The number of primary amides is 1. The van der Waals surface area contributed by atoms with Gasteiger partial charge in [-0.2, -0.15) is 0 Å². The number of hydrogen-bond donors (Lipinski definition) is 2. The first kappa shape index (κ1) is 13.4. The lowest BCUT2D eigenvalue weighted by Gasteiger charge is -2.08. The zero-order chi connectivity index (χ0) is 13.0. The molecule has 0 heterocycles. The van der Waals surface area contributed by atoms with E-state index in [1.807, 2.05) is 6.92 Å². The fraction of sp³-hybridized carbons (Fsp3) is 0.500. The van der Waals surface area contributed by atoms with Gasteiger partial charge < -0.3 is 11.1 Å². The van der Waals surface area contributed by atoms with Crippen molar-refractivity contribution in [2.45, 2.75) is 37.2 Å². The summed E-state index contributed by atoms with van der Waals surface area (Å²) in [5, 5.41) is 3.49. The Balaban J connectivity index is 1.77. The Morgan fingerprint density at radius 3 is 2.67 bits per heavy atom. The average Bonchev–Trinajstić information content (AvgIpc) is 3.18. The lowest BCUT2D eigenvalue weighted by atomic mass is 10.2. The van der Waals surface area contributed by atoms with Crippen molar-refractivity contribution in [3.63, 3.8) is 0 Å². The predicted octanol–water partition coefficient (Wildman–Crippen LogP) is 2.15. The molecule has 1 unspecified atom stereocenters. The molecule has 0 aliphatic heterocycles. The van der Waals surface area contributed by atoms with E-state index in [-0.39, 0.29) is 11.8 Å². The zero-order valence-corrected chi connectivity index (χ0v) is 11.5. The van der Waals surface area contributed by atoms with E-state index in [2.05, 4.69) is 29.6 Å². The maximum absolute atomic E-state index is 10.9. The summed E-state index contributed by atoms with van der Waals surface area (Å²) < 4.78 is 0. The number of carbonyl (C=O) groups excluding carboxylic acids is 1. The van der Waals surface area contributed by atoms with Gasteiger partial charge in [-0.3, -0.25) is 4.79 Å². The first-order valence-corrected chi connectivity index (χ1v) is 7.38. The Hall–Kier alpha value is -1.00. The van der Waals surface area contributed by atoms with Crippen LogP contribution in [-0.4, -0.2) is 17.7 Å². The third-order valence-corrected chi connectivity index (χ3v) is 4.35. The number of amides is 1. The number of carbonyl (C=O) groups is 1. The topological polar surface area (TPSA) is 55.1 Å². The summed E-state index contributed by atoms with van der Waals surface area (Å²) in [7, 11) is 0. The second-order valence-corrected chi connectivity index (χ2v) is 6.01. The molecule has 1 saturated carbocycles. The molecule has 0 spiro atoms. The molecule has 0 aromatic heterocycles. The van der Waals surface area contributed by atoms with E-state index in [1.54, 1.807) is 11.8 Å². The van der Waals surface area contributed by atoms with Crippen molar-refractivity contribution in [3.8, 4) is 0 Å². The highest BCUT2D eigenvalue weighted by Gasteiger charge is 2.19. The molecular weight excluding hydrogens is 244 g/mol. The Morgan fingerprint density at radius 1 is 1.44 bits per heavy atom. The molecule has 1 aromatic carbocycles. The van der Waals surface area contributed by atoms with Gasteiger partial charge in [0.2, 0.25) is 5.91 Å². The van der Waals surface area contributed by atoms with Crippen LogP contribution in [0.4, 0.5) is 0 Å². The van der Waals surface area contributed by atoms with Crippen molar-refractivity contribution in [1.82, 2.24) is 5.32 Å². The Morgan fingerprint density at radius 2 is 2.11 bits per heavy atom. The molecule has 0 radical (unpaired) electrons. The summed E-state index contributed by atoms with van der Waals surface area (Å²) in [5.74, 6) is 0.439. The van der Waals surface area contributed by atoms with Crippen LogP contribution in [-0.2, 0) is 11.3 Å². The maximum atomic E-state index is 10.9. The van der Waals surface area contributed by atoms with Gasteiger partial charge in [0, 0.05) is 29.2 Å². The average molecular weight is 264 g/mol. The first-order chi connectivity index (χ1) is 8.65. The van der Waals surface area contributed by atoms with E-state index in [0.717, 1.165) is 18.3 Å². The molecule has 1 aromatic rings. The molecule has 3 N–H and O–H groups in total. The summed E-state index contributed by atoms with van der Waals surface area (Å²) in [6, 6.07) is 9.26. The van der Waals surface area contributed by atoms with Gasteiger partial charge in [-0.1, -0.05) is 19.1 Å². The second kappa shape index (κ2) is 6.25. The Kier molecular flexibility index (Phi) is 4.66. The molecule has 0 saturated heterocycles. The van der Waals surface area contributed by atoms with E-state index < -0.39 is 0 Å². The van der Waals surface area contributed by atoms with E-state index >= 15 is 0 Å². The van der Waals surface area contributed by atoms with Gasteiger partial charge in [-0.15, -0.1) is 11.8 Å². The van der Waals surface area contributed by atoms with Crippen LogP contribution in [0.3, 0.4) is 0 Å². The number of hydrogen-bond acceptors (Lipinski definition) is 3. The molecule has 4 heteroatoms. The molecule has 1 atom stereocenters. The first-order valence-electron chi connectivity index (χ1n) is 6.39. The SMILES string of the molecule is CC(CSc1ccc(CNC2CC2)cc1)C(N)=O. The highest BCUT2D eigenvalue weighted by atomic mass is 32.2. The van der Waals surface area contributed by atoms with E-state index in [0.29, 0.717) is 0 Å². The molecule has 18 heavy (non-hydrogen) atoms. The fourth-order valence-electron chi connectivity index (χ4n) is 1.56. The van der Waals surface area contributed by atoms with E-state index in [9.17, 15) is 4.79 Å². The van der Waals surface area contributed by atoms with Crippen molar-refractivity contribution in [2.24, 2.45) is 11.7 Å². The van der Waals surface area contributed by atoms with Gasteiger partial charge in [-0.05, 0) is 30.5 Å². The largest absolute Gasteiger partial charge is 0.369 e. The highest BCUT2D eigenvalue weighted by Crippen LogP contribution is 2.22. The third kappa shape index (κ3) is 4.35. The number of nitrogens with one attached hydrogen (secondary N) is 1. The number of rotatable bonds is 7. The van der Waals surface area contributed by atoms with Crippen molar-refractivity contribution >= 4 is 17.7 Å². The van der Waals surface area contributed by atoms with Gasteiger partial charge in [0.15, 0.2) is 0 Å². The number of benzene rings is 1. The summed E-state index contributed by atoms with van der Waals surface area (Å²) in [4.78, 5) is 12.1. The van der Waals surface area contributed by atoms with Crippen LogP contribution in [0.5, 0.6) is 0 Å². The smallest absolute Gasteiger partial charge is 0.221 e. The molecule has 0 bridgehead atoms. The van der Waals surface area contributed by atoms with Crippen LogP contribution in [0.1, 0.15) is 25.3 Å². The lowest BCUT2D eigenvalue weighted by molar-refractivity contribution is -0.120.